The number of fused-ring (bicyclic) bond motifs is 1. The highest BCUT2D eigenvalue weighted by Crippen LogP contribution is 2.32. The number of para-hydroxylation sites is 1. The number of hydrogen-bond acceptors (Lipinski definition) is 3. The Bertz CT molecular complexity index is 412. The average Bonchev–Trinajstić information content (AvgIpc) is 2.40. The molecule has 2 N–H and O–H groups in total. The summed E-state index contributed by atoms with van der Waals surface area (Å²) in [4.78, 5) is 12.0. The van der Waals surface area contributed by atoms with E-state index in [1.807, 2.05) is 12.1 Å². The average molecular weight is 219 g/mol. The van der Waals surface area contributed by atoms with Gasteiger partial charge in [0.15, 0.2) is 5.78 Å². The fourth-order valence-electron chi connectivity index (χ4n) is 1.98. The summed E-state index contributed by atoms with van der Waals surface area (Å²) >= 11 is 0. The first kappa shape index (κ1) is 11.1. The van der Waals surface area contributed by atoms with Crippen molar-refractivity contribution < 1.29 is 9.53 Å². The molecule has 1 aromatic rings. The Hall–Kier alpha value is -1.35. The third kappa shape index (κ3) is 1.83. The molecule has 0 fully saturated rings. The standard InChI is InChI=1S/C13H17NO2/c1-8(2)9-4-3-5-10-12(15)11(14)6-7-16-13(9)10/h3-5,8,11H,6-7,14H2,1-2H3/t11-/m1/s1. The number of nitrogens with two attached hydrogens (primary N) is 1. The van der Waals surface area contributed by atoms with E-state index in [1.165, 1.54) is 0 Å². The van der Waals surface area contributed by atoms with E-state index in [4.69, 9.17) is 10.5 Å². The van der Waals surface area contributed by atoms with Crippen LogP contribution in [0.3, 0.4) is 0 Å². The maximum absolute atomic E-state index is 12.0. The van der Waals surface area contributed by atoms with E-state index < -0.39 is 6.04 Å². The van der Waals surface area contributed by atoms with Crippen molar-refractivity contribution in [2.45, 2.75) is 32.2 Å². The highest BCUT2D eigenvalue weighted by molar-refractivity contribution is 6.03. The largest absolute Gasteiger partial charge is 0.492 e. The first-order valence-corrected chi connectivity index (χ1v) is 5.66. The Morgan fingerprint density at radius 1 is 1.44 bits per heavy atom. The van der Waals surface area contributed by atoms with Gasteiger partial charge in [0.05, 0.1) is 18.2 Å². The molecule has 0 radical (unpaired) electrons. The van der Waals surface area contributed by atoms with E-state index in [0.717, 1.165) is 11.3 Å². The second-order valence-electron chi connectivity index (χ2n) is 4.49. The minimum Gasteiger partial charge on any atom is -0.492 e. The second kappa shape index (κ2) is 4.26. The molecule has 2 rings (SSSR count). The molecule has 86 valence electrons. The van der Waals surface area contributed by atoms with Gasteiger partial charge < -0.3 is 10.5 Å². The lowest BCUT2D eigenvalue weighted by molar-refractivity contribution is 0.0960. The van der Waals surface area contributed by atoms with E-state index in [0.29, 0.717) is 24.5 Å². The van der Waals surface area contributed by atoms with E-state index in [9.17, 15) is 4.79 Å². The van der Waals surface area contributed by atoms with Gasteiger partial charge in [0, 0.05) is 6.42 Å². The van der Waals surface area contributed by atoms with Gasteiger partial charge in [0.2, 0.25) is 0 Å². The van der Waals surface area contributed by atoms with E-state index in [-0.39, 0.29) is 5.78 Å². The van der Waals surface area contributed by atoms with Crippen molar-refractivity contribution in [2.24, 2.45) is 5.73 Å². The normalized spacial score (nSPS) is 20.2. The lowest BCUT2D eigenvalue weighted by Gasteiger charge is -2.14. The first-order chi connectivity index (χ1) is 7.61. The molecule has 0 spiro atoms. The molecule has 0 saturated carbocycles. The molecule has 1 heterocycles. The van der Waals surface area contributed by atoms with Gasteiger partial charge >= 0.3 is 0 Å². The summed E-state index contributed by atoms with van der Waals surface area (Å²) in [7, 11) is 0. The Morgan fingerprint density at radius 2 is 2.19 bits per heavy atom. The zero-order valence-corrected chi connectivity index (χ0v) is 9.69. The predicted octanol–water partition coefficient (Wildman–Crippen LogP) is 2.10. The highest BCUT2D eigenvalue weighted by atomic mass is 16.5. The van der Waals surface area contributed by atoms with Crippen LogP contribution >= 0.6 is 0 Å². The number of rotatable bonds is 1. The van der Waals surface area contributed by atoms with Crippen LogP contribution in [0, 0.1) is 0 Å². The van der Waals surface area contributed by atoms with Gasteiger partial charge in [-0.15, -0.1) is 0 Å². The summed E-state index contributed by atoms with van der Waals surface area (Å²) in [5.74, 6) is 1.07. The van der Waals surface area contributed by atoms with Crippen LogP contribution in [-0.4, -0.2) is 18.4 Å². The van der Waals surface area contributed by atoms with Crippen LogP contribution in [0.1, 0.15) is 42.1 Å². The molecule has 3 nitrogen and oxygen atoms in total. The summed E-state index contributed by atoms with van der Waals surface area (Å²) in [5, 5.41) is 0. The second-order valence-corrected chi connectivity index (χ2v) is 4.49. The smallest absolute Gasteiger partial charge is 0.183 e. The molecule has 0 unspecified atom stereocenters. The summed E-state index contributed by atoms with van der Waals surface area (Å²) in [6.45, 7) is 4.70. The van der Waals surface area contributed by atoms with Crippen molar-refractivity contribution >= 4 is 5.78 Å². The predicted molar refractivity (Wildman–Crippen MR) is 62.9 cm³/mol. The van der Waals surface area contributed by atoms with Gasteiger partial charge in [-0.05, 0) is 17.5 Å². The number of ether oxygens (including phenoxy) is 1. The van der Waals surface area contributed by atoms with Crippen molar-refractivity contribution in [3.63, 3.8) is 0 Å². The minimum atomic E-state index is -0.427. The van der Waals surface area contributed by atoms with Crippen LogP contribution in [-0.2, 0) is 0 Å². The molecule has 0 saturated heterocycles. The Labute approximate surface area is 95.6 Å². The molecular formula is C13H17NO2. The molecular weight excluding hydrogens is 202 g/mol. The molecule has 1 aromatic carbocycles. The van der Waals surface area contributed by atoms with Crippen LogP contribution in [0.2, 0.25) is 0 Å². The van der Waals surface area contributed by atoms with Crippen molar-refractivity contribution in [1.82, 2.24) is 0 Å². The van der Waals surface area contributed by atoms with Gasteiger partial charge in [-0.2, -0.15) is 0 Å². The zero-order chi connectivity index (χ0) is 11.7. The number of hydrogen-bond donors (Lipinski definition) is 1. The summed E-state index contributed by atoms with van der Waals surface area (Å²) in [5.41, 5.74) is 7.51. The molecule has 0 aromatic heterocycles. The summed E-state index contributed by atoms with van der Waals surface area (Å²) in [6.07, 6.45) is 0.588. The zero-order valence-electron chi connectivity index (χ0n) is 9.69. The number of Topliss-reactive ketones (excluding diaryl/α,β-unsaturated/α-hetero) is 1. The van der Waals surface area contributed by atoms with Crippen LogP contribution in [0.15, 0.2) is 18.2 Å². The molecule has 3 heteroatoms. The van der Waals surface area contributed by atoms with Crippen molar-refractivity contribution in [1.29, 1.82) is 0 Å². The van der Waals surface area contributed by atoms with Gasteiger partial charge in [-0.1, -0.05) is 26.0 Å². The molecule has 0 amide bonds. The number of carbonyl (C=O) groups is 1. The molecule has 1 aliphatic rings. The Morgan fingerprint density at radius 3 is 2.88 bits per heavy atom. The van der Waals surface area contributed by atoms with Crippen LogP contribution < -0.4 is 10.5 Å². The number of carbonyl (C=O) groups excluding carboxylic acids is 1. The van der Waals surface area contributed by atoms with E-state index >= 15 is 0 Å². The maximum atomic E-state index is 12.0. The summed E-state index contributed by atoms with van der Waals surface area (Å²) in [6, 6.07) is 5.28. The van der Waals surface area contributed by atoms with Gasteiger partial charge in [0.1, 0.15) is 5.75 Å². The van der Waals surface area contributed by atoms with E-state index in [2.05, 4.69) is 13.8 Å². The molecule has 1 atom stereocenters. The van der Waals surface area contributed by atoms with E-state index in [1.54, 1.807) is 6.07 Å². The van der Waals surface area contributed by atoms with Crippen molar-refractivity contribution in [3.8, 4) is 5.75 Å². The Balaban J connectivity index is 2.54. The van der Waals surface area contributed by atoms with Crippen LogP contribution in [0.4, 0.5) is 0 Å². The number of benzene rings is 1. The number of ketones is 1. The Kier molecular flexibility index (Phi) is 2.97. The SMILES string of the molecule is CC(C)c1cccc2c1OCC[C@@H](N)C2=O. The van der Waals surface area contributed by atoms with Crippen LogP contribution in [0.5, 0.6) is 5.75 Å². The summed E-state index contributed by atoms with van der Waals surface area (Å²) < 4.78 is 5.68. The lowest BCUT2D eigenvalue weighted by atomic mass is 9.95. The van der Waals surface area contributed by atoms with Crippen molar-refractivity contribution in [2.75, 3.05) is 6.61 Å². The topological polar surface area (TPSA) is 52.3 Å². The minimum absolute atomic E-state index is 0.00463. The molecule has 1 aliphatic heterocycles. The third-order valence-corrected chi connectivity index (χ3v) is 2.94. The lowest BCUT2D eigenvalue weighted by Crippen LogP contribution is -2.30. The quantitative estimate of drug-likeness (QED) is 0.787. The van der Waals surface area contributed by atoms with Gasteiger partial charge in [0.25, 0.3) is 0 Å². The van der Waals surface area contributed by atoms with Gasteiger partial charge in [-0.3, -0.25) is 4.79 Å². The first-order valence-electron chi connectivity index (χ1n) is 5.66. The van der Waals surface area contributed by atoms with Gasteiger partial charge in [-0.25, -0.2) is 0 Å². The molecule has 0 aliphatic carbocycles. The monoisotopic (exact) mass is 219 g/mol. The molecule has 0 bridgehead atoms. The maximum Gasteiger partial charge on any atom is 0.183 e. The fraction of sp³-hybridized carbons (Fsp3) is 0.462. The molecule has 16 heavy (non-hydrogen) atoms. The fourth-order valence-corrected chi connectivity index (χ4v) is 1.98. The third-order valence-electron chi connectivity index (χ3n) is 2.94. The van der Waals surface area contributed by atoms with Crippen molar-refractivity contribution in [3.05, 3.63) is 29.3 Å². The highest BCUT2D eigenvalue weighted by Gasteiger charge is 2.25. The van der Waals surface area contributed by atoms with Crippen LogP contribution in [0.25, 0.3) is 0 Å².